The van der Waals surface area contributed by atoms with Gasteiger partial charge in [-0.25, -0.2) is 0 Å². The maximum Gasteiger partial charge on any atom is 0.246 e. The molecule has 0 aliphatic heterocycles. The van der Waals surface area contributed by atoms with Gasteiger partial charge in [0.15, 0.2) is 0 Å². The monoisotopic (exact) mass is 387 g/mol. The Morgan fingerprint density at radius 1 is 1.15 bits per heavy atom. The molecule has 0 fully saturated rings. The molecule has 0 spiro atoms. The molecule has 0 atom stereocenters. The Morgan fingerprint density at radius 3 is 2.54 bits per heavy atom. The number of halogens is 1. The van der Waals surface area contributed by atoms with E-state index in [0.29, 0.717) is 22.5 Å². The zero-order chi connectivity index (χ0) is 18.5. The molecule has 134 valence electrons. The lowest BCUT2D eigenvalue weighted by molar-refractivity contribution is -0.127. The van der Waals surface area contributed by atoms with Gasteiger partial charge < -0.3 is 9.42 Å². The van der Waals surface area contributed by atoms with Crippen LogP contribution in [0.2, 0.25) is 5.02 Å². The molecular formula is C19H18ClN3O2S. The van der Waals surface area contributed by atoms with Crippen molar-refractivity contribution in [3.8, 4) is 11.4 Å². The van der Waals surface area contributed by atoms with Crippen LogP contribution < -0.4 is 0 Å². The topological polar surface area (TPSA) is 59.2 Å². The molecule has 0 unspecified atom stereocenters. The van der Waals surface area contributed by atoms with Crippen LogP contribution in [0.4, 0.5) is 0 Å². The Bertz CT molecular complexity index is 879. The van der Waals surface area contributed by atoms with Crippen molar-refractivity contribution in [2.45, 2.75) is 18.4 Å². The number of rotatable bonds is 6. The molecule has 0 N–H and O–H groups in total. The van der Waals surface area contributed by atoms with Gasteiger partial charge in [-0.15, -0.1) is 11.8 Å². The zero-order valence-corrected chi connectivity index (χ0v) is 16.0. The normalized spacial score (nSPS) is 10.7. The molecule has 7 heteroatoms. The molecule has 3 rings (SSSR count). The highest BCUT2D eigenvalue weighted by molar-refractivity contribution is 8.00. The van der Waals surface area contributed by atoms with Crippen molar-refractivity contribution in [1.29, 1.82) is 0 Å². The molecule has 0 saturated heterocycles. The van der Waals surface area contributed by atoms with Gasteiger partial charge >= 0.3 is 0 Å². The smallest absolute Gasteiger partial charge is 0.246 e. The molecule has 1 heterocycles. The van der Waals surface area contributed by atoms with E-state index in [1.54, 1.807) is 11.9 Å². The number of carbonyl (C=O) groups is 1. The van der Waals surface area contributed by atoms with Crippen molar-refractivity contribution >= 4 is 29.3 Å². The predicted molar refractivity (Wildman–Crippen MR) is 103 cm³/mol. The summed E-state index contributed by atoms with van der Waals surface area (Å²) in [6.07, 6.45) is 0. The molecule has 0 radical (unpaired) electrons. The first-order chi connectivity index (χ1) is 12.5. The van der Waals surface area contributed by atoms with Crippen molar-refractivity contribution in [2.24, 2.45) is 0 Å². The number of hydrogen-bond acceptors (Lipinski definition) is 5. The number of aryl methyl sites for hydroxylation is 1. The quantitative estimate of drug-likeness (QED) is 0.585. The van der Waals surface area contributed by atoms with Crippen LogP contribution in [-0.2, 0) is 11.3 Å². The van der Waals surface area contributed by atoms with Crippen LogP contribution in [0.3, 0.4) is 0 Å². The van der Waals surface area contributed by atoms with E-state index in [1.165, 1.54) is 17.3 Å². The molecule has 0 aliphatic carbocycles. The molecule has 1 amide bonds. The van der Waals surface area contributed by atoms with Gasteiger partial charge in [-0.2, -0.15) is 4.98 Å². The summed E-state index contributed by atoms with van der Waals surface area (Å²) in [6.45, 7) is 2.30. The number of thioether (sulfide) groups is 1. The zero-order valence-electron chi connectivity index (χ0n) is 14.5. The third-order valence-electron chi connectivity index (χ3n) is 3.75. The minimum Gasteiger partial charge on any atom is -0.337 e. The number of hydrogen-bond donors (Lipinski definition) is 0. The first-order valence-corrected chi connectivity index (χ1v) is 9.39. The second-order valence-electron chi connectivity index (χ2n) is 5.87. The fraction of sp³-hybridized carbons (Fsp3) is 0.211. The van der Waals surface area contributed by atoms with E-state index in [2.05, 4.69) is 10.1 Å². The second kappa shape index (κ2) is 8.38. The van der Waals surface area contributed by atoms with Crippen LogP contribution in [-0.4, -0.2) is 33.7 Å². The van der Waals surface area contributed by atoms with Crippen molar-refractivity contribution in [2.75, 3.05) is 12.8 Å². The van der Waals surface area contributed by atoms with Crippen LogP contribution in [0.1, 0.15) is 11.5 Å². The largest absolute Gasteiger partial charge is 0.337 e. The second-order valence-corrected chi connectivity index (χ2v) is 7.36. The maximum absolute atomic E-state index is 12.3. The molecular weight excluding hydrogens is 370 g/mol. The number of aromatic nitrogens is 2. The van der Waals surface area contributed by atoms with Gasteiger partial charge in [-0.1, -0.05) is 46.6 Å². The minimum atomic E-state index is -0.0139. The molecule has 0 bridgehead atoms. The maximum atomic E-state index is 12.3. The lowest BCUT2D eigenvalue weighted by Crippen LogP contribution is -2.27. The predicted octanol–water partition coefficient (Wildman–Crippen LogP) is 4.45. The Balaban J connectivity index is 1.55. The van der Waals surface area contributed by atoms with E-state index >= 15 is 0 Å². The molecule has 5 nitrogen and oxygen atoms in total. The van der Waals surface area contributed by atoms with Crippen LogP contribution in [0.15, 0.2) is 57.9 Å². The third kappa shape index (κ3) is 4.86. The molecule has 1 aromatic heterocycles. The fourth-order valence-electron chi connectivity index (χ4n) is 2.22. The average Bonchev–Trinajstić information content (AvgIpc) is 3.10. The highest BCUT2D eigenvalue weighted by atomic mass is 35.5. The van der Waals surface area contributed by atoms with E-state index in [4.69, 9.17) is 16.1 Å². The van der Waals surface area contributed by atoms with Crippen LogP contribution in [0.25, 0.3) is 11.4 Å². The van der Waals surface area contributed by atoms with Gasteiger partial charge in [0.2, 0.25) is 17.6 Å². The summed E-state index contributed by atoms with van der Waals surface area (Å²) in [5.41, 5.74) is 2.05. The lowest BCUT2D eigenvalue weighted by atomic mass is 10.1. The number of benzene rings is 2. The molecule has 0 saturated carbocycles. The van der Waals surface area contributed by atoms with Crippen molar-refractivity contribution in [1.82, 2.24) is 15.0 Å². The Kier molecular flexibility index (Phi) is 5.96. The Morgan fingerprint density at radius 2 is 1.85 bits per heavy atom. The molecule has 0 aliphatic rings. The van der Waals surface area contributed by atoms with Crippen LogP contribution >= 0.6 is 23.4 Å². The van der Waals surface area contributed by atoms with E-state index in [9.17, 15) is 4.79 Å². The number of nitrogens with zero attached hydrogens (tertiary/aromatic N) is 3. The van der Waals surface area contributed by atoms with Crippen LogP contribution in [0.5, 0.6) is 0 Å². The fourth-order valence-corrected chi connectivity index (χ4v) is 3.18. The van der Waals surface area contributed by atoms with Gasteiger partial charge in [-0.05, 0) is 31.2 Å². The molecule has 3 aromatic rings. The summed E-state index contributed by atoms with van der Waals surface area (Å²) in [5, 5.41) is 4.67. The molecule has 26 heavy (non-hydrogen) atoms. The Labute approximate surface area is 161 Å². The van der Waals surface area contributed by atoms with Crippen molar-refractivity contribution in [3.63, 3.8) is 0 Å². The van der Waals surface area contributed by atoms with Gasteiger partial charge in [-0.3, -0.25) is 4.79 Å². The highest BCUT2D eigenvalue weighted by Gasteiger charge is 2.15. The summed E-state index contributed by atoms with van der Waals surface area (Å²) in [6, 6.07) is 15.3. The van der Waals surface area contributed by atoms with E-state index in [-0.39, 0.29) is 12.5 Å². The molecule has 2 aromatic carbocycles. The first-order valence-electron chi connectivity index (χ1n) is 8.03. The number of carbonyl (C=O) groups excluding carboxylic acids is 1. The average molecular weight is 388 g/mol. The van der Waals surface area contributed by atoms with E-state index < -0.39 is 0 Å². The summed E-state index contributed by atoms with van der Waals surface area (Å²) < 4.78 is 5.27. The van der Waals surface area contributed by atoms with Gasteiger partial charge in [0.1, 0.15) is 0 Å². The van der Waals surface area contributed by atoms with Gasteiger partial charge in [0.05, 0.1) is 12.3 Å². The third-order valence-corrected chi connectivity index (χ3v) is 5.00. The number of amides is 1. The SMILES string of the molecule is Cc1ccc(-c2noc(CN(C)C(=O)CSc3ccc(Cl)cc3)n2)cc1. The van der Waals surface area contributed by atoms with Crippen molar-refractivity contribution in [3.05, 3.63) is 65.0 Å². The summed E-state index contributed by atoms with van der Waals surface area (Å²) in [5.74, 6) is 1.25. The highest BCUT2D eigenvalue weighted by Crippen LogP contribution is 2.21. The standard InChI is InChI=1S/C19H18ClN3O2S/c1-13-3-5-14(6-4-13)19-21-17(25-22-19)11-23(2)18(24)12-26-16-9-7-15(20)8-10-16/h3-10H,11-12H2,1-2H3. The van der Waals surface area contributed by atoms with Gasteiger partial charge in [0.25, 0.3) is 0 Å². The summed E-state index contributed by atoms with van der Waals surface area (Å²) in [4.78, 5) is 19.2. The summed E-state index contributed by atoms with van der Waals surface area (Å²) >= 11 is 7.32. The lowest BCUT2D eigenvalue weighted by Gasteiger charge is -2.14. The first kappa shape index (κ1) is 18.5. The van der Waals surface area contributed by atoms with Gasteiger partial charge in [0, 0.05) is 22.5 Å². The van der Waals surface area contributed by atoms with E-state index in [0.717, 1.165) is 10.5 Å². The Hall–Kier alpha value is -2.31. The van der Waals surface area contributed by atoms with Crippen molar-refractivity contribution < 1.29 is 9.32 Å². The summed E-state index contributed by atoms with van der Waals surface area (Å²) in [7, 11) is 1.72. The van der Waals surface area contributed by atoms with E-state index in [1.807, 2.05) is 55.5 Å². The minimum absolute atomic E-state index is 0.0139. The van der Waals surface area contributed by atoms with Crippen LogP contribution in [0, 0.1) is 6.92 Å².